The number of benzene rings is 2. The topological polar surface area (TPSA) is 67.2 Å². The summed E-state index contributed by atoms with van der Waals surface area (Å²) in [5.41, 5.74) is 1.14. The van der Waals surface area contributed by atoms with Crippen LogP contribution in [0, 0.1) is 5.82 Å². The van der Waals surface area contributed by atoms with Gasteiger partial charge in [0, 0.05) is 19.0 Å². The Kier molecular flexibility index (Phi) is 5.84. The van der Waals surface area contributed by atoms with Gasteiger partial charge in [0.1, 0.15) is 5.82 Å². The minimum Gasteiger partial charge on any atom is -0.354 e. The number of hydrogen-bond donors (Lipinski definition) is 1. The molecule has 1 aromatic heterocycles. The second kappa shape index (κ2) is 8.31. The van der Waals surface area contributed by atoms with Gasteiger partial charge in [0.2, 0.25) is 5.91 Å². The second-order valence-corrected chi connectivity index (χ2v) is 6.94. The highest BCUT2D eigenvalue weighted by Crippen LogP contribution is 2.18. The number of nitrogens with one attached hydrogen (secondary N) is 1. The zero-order valence-corrected chi connectivity index (χ0v) is 16.1. The van der Waals surface area contributed by atoms with Gasteiger partial charge < -0.3 is 10.2 Å². The Morgan fingerprint density at radius 1 is 1.18 bits per heavy atom. The molecule has 7 heteroatoms. The molecule has 0 aliphatic carbocycles. The number of carbonyl (C=O) groups is 1. The summed E-state index contributed by atoms with van der Waals surface area (Å²) in [6.45, 7) is 0.332. The molecular weight excluding hydrogens is 359 g/mol. The quantitative estimate of drug-likeness (QED) is 0.709. The van der Waals surface area contributed by atoms with Crippen molar-refractivity contribution in [3.63, 3.8) is 0 Å². The summed E-state index contributed by atoms with van der Waals surface area (Å²) >= 11 is 0. The number of fused-ring (bicyclic) bond motifs is 1. The van der Waals surface area contributed by atoms with Crippen LogP contribution in [0.1, 0.15) is 17.3 Å². The van der Waals surface area contributed by atoms with Crippen molar-refractivity contribution < 1.29 is 9.18 Å². The number of halogens is 1. The molecule has 1 amide bonds. The lowest BCUT2D eigenvalue weighted by molar-refractivity contribution is -0.120. The third-order valence-electron chi connectivity index (χ3n) is 4.71. The van der Waals surface area contributed by atoms with Crippen molar-refractivity contribution in [1.82, 2.24) is 20.0 Å². The first-order valence-electron chi connectivity index (χ1n) is 9.00. The van der Waals surface area contributed by atoms with Crippen molar-refractivity contribution >= 4 is 16.7 Å². The molecular formula is C21H23FN4O2. The molecule has 1 atom stereocenters. The molecule has 3 rings (SSSR count). The lowest BCUT2D eigenvalue weighted by Crippen LogP contribution is -2.35. The number of rotatable bonds is 6. The largest absolute Gasteiger partial charge is 0.354 e. The summed E-state index contributed by atoms with van der Waals surface area (Å²) in [6, 6.07) is 13.3. The lowest BCUT2D eigenvalue weighted by Gasteiger charge is -2.25. The van der Waals surface area contributed by atoms with Gasteiger partial charge in [-0.25, -0.2) is 9.07 Å². The molecule has 0 radical (unpaired) electrons. The average molecular weight is 382 g/mol. The van der Waals surface area contributed by atoms with E-state index in [1.165, 1.54) is 16.8 Å². The van der Waals surface area contributed by atoms with E-state index in [1.54, 1.807) is 31.3 Å². The average Bonchev–Trinajstić information content (AvgIpc) is 2.66. The Balaban J connectivity index is 1.76. The van der Waals surface area contributed by atoms with Gasteiger partial charge in [-0.15, -0.1) is 0 Å². The number of amides is 1. The van der Waals surface area contributed by atoms with Crippen LogP contribution in [0.4, 0.5) is 4.39 Å². The SMILES string of the molecule is CN(C)C(CNC(=O)Cc1nn(C)c(=O)c2ccccc12)c1cccc(F)c1. The summed E-state index contributed by atoms with van der Waals surface area (Å²) in [5, 5.41) is 8.37. The molecule has 3 aromatic rings. The fourth-order valence-corrected chi connectivity index (χ4v) is 3.24. The van der Waals surface area contributed by atoms with Crippen LogP contribution in [0.25, 0.3) is 10.8 Å². The van der Waals surface area contributed by atoms with Crippen molar-refractivity contribution in [2.45, 2.75) is 12.5 Å². The third-order valence-corrected chi connectivity index (χ3v) is 4.71. The molecule has 6 nitrogen and oxygen atoms in total. The molecule has 0 aliphatic heterocycles. The van der Waals surface area contributed by atoms with Crippen molar-refractivity contribution in [1.29, 1.82) is 0 Å². The van der Waals surface area contributed by atoms with Crippen molar-refractivity contribution in [2.24, 2.45) is 7.05 Å². The Morgan fingerprint density at radius 3 is 2.57 bits per heavy atom. The molecule has 0 saturated carbocycles. The molecule has 1 unspecified atom stereocenters. The van der Waals surface area contributed by atoms with E-state index in [4.69, 9.17) is 0 Å². The Bertz CT molecular complexity index is 1060. The van der Waals surface area contributed by atoms with E-state index in [-0.39, 0.29) is 29.7 Å². The molecule has 0 saturated heterocycles. The predicted octanol–water partition coefficient (Wildman–Crippen LogP) is 2.03. The number of carbonyl (C=O) groups excluding carboxylic acids is 1. The van der Waals surface area contributed by atoms with Crippen LogP contribution in [0.2, 0.25) is 0 Å². The van der Waals surface area contributed by atoms with E-state index >= 15 is 0 Å². The maximum absolute atomic E-state index is 13.6. The second-order valence-electron chi connectivity index (χ2n) is 6.94. The molecule has 0 spiro atoms. The normalized spacial score (nSPS) is 12.3. The van der Waals surface area contributed by atoms with E-state index in [9.17, 15) is 14.0 Å². The zero-order chi connectivity index (χ0) is 20.3. The lowest BCUT2D eigenvalue weighted by atomic mass is 10.1. The molecule has 1 heterocycles. The zero-order valence-electron chi connectivity index (χ0n) is 16.1. The summed E-state index contributed by atoms with van der Waals surface area (Å²) in [7, 11) is 5.33. The molecule has 2 aromatic carbocycles. The fourth-order valence-electron chi connectivity index (χ4n) is 3.24. The summed E-state index contributed by atoms with van der Waals surface area (Å²) in [4.78, 5) is 26.7. The summed E-state index contributed by atoms with van der Waals surface area (Å²) in [5.74, 6) is -0.517. The Morgan fingerprint density at radius 2 is 1.89 bits per heavy atom. The van der Waals surface area contributed by atoms with Gasteiger partial charge in [-0.05, 0) is 37.9 Å². The van der Waals surface area contributed by atoms with E-state index in [1.807, 2.05) is 31.1 Å². The molecule has 146 valence electrons. The monoisotopic (exact) mass is 382 g/mol. The first-order valence-corrected chi connectivity index (χ1v) is 9.00. The molecule has 28 heavy (non-hydrogen) atoms. The van der Waals surface area contributed by atoms with Gasteiger partial charge in [-0.2, -0.15) is 5.10 Å². The van der Waals surface area contributed by atoms with Gasteiger partial charge in [-0.3, -0.25) is 9.59 Å². The fraction of sp³-hybridized carbons (Fsp3) is 0.286. The number of aryl methyl sites for hydroxylation is 1. The van der Waals surface area contributed by atoms with E-state index in [0.717, 1.165) is 5.56 Å². The van der Waals surface area contributed by atoms with Crippen LogP contribution >= 0.6 is 0 Å². The molecule has 0 fully saturated rings. The number of hydrogen-bond acceptors (Lipinski definition) is 4. The first-order chi connectivity index (χ1) is 13.4. The van der Waals surface area contributed by atoms with Crippen molar-refractivity contribution in [3.8, 4) is 0 Å². The standard InChI is InChI=1S/C21H23FN4O2/c1-25(2)19(14-7-6-8-15(22)11-14)13-23-20(27)12-18-16-9-4-5-10-17(16)21(28)26(3)24-18/h4-11,19H,12-13H2,1-3H3,(H,23,27). The molecule has 0 aliphatic rings. The summed E-state index contributed by atoms with van der Waals surface area (Å²) < 4.78 is 14.8. The van der Waals surface area contributed by atoms with E-state index in [2.05, 4.69) is 10.4 Å². The summed E-state index contributed by atoms with van der Waals surface area (Å²) in [6.07, 6.45) is 0.0535. The smallest absolute Gasteiger partial charge is 0.274 e. The van der Waals surface area contributed by atoms with Crippen LogP contribution in [0.15, 0.2) is 53.3 Å². The van der Waals surface area contributed by atoms with E-state index in [0.29, 0.717) is 23.0 Å². The van der Waals surface area contributed by atoms with Gasteiger partial charge in [-0.1, -0.05) is 30.3 Å². The van der Waals surface area contributed by atoms with E-state index < -0.39 is 0 Å². The van der Waals surface area contributed by atoms with Crippen LogP contribution in [0.5, 0.6) is 0 Å². The van der Waals surface area contributed by atoms with Crippen LogP contribution in [-0.2, 0) is 18.3 Å². The highest BCUT2D eigenvalue weighted by Gasteiger charge is 2.17. The third kappa shape index (κ3) is 4.26. The number of likely N-dealkylation sites (N-methyl/N-ethyl adjacent to an activating group) is 1. The van der Waals surface area contributed by atoms with Crippen molar-refractivity contribution in [2.75, 3.05) is 20.6 Å². The predicted molar refractivity (Wildman–Crippen MR) is 107 cm³/mol. The molecule has 0 bridgehead atoms. The minimum atomic E-state index is -0.309. The maximum atomic E-state index is 13.6. The van der Waals surface area contributed by atoms with Crippen LogP contribution in [-0.4, -0.2) is 41.2 Å². The highest BCUT2D eigenvalue weighted by atomic mass is 19.1. The Labute approximate surface area is 162 Å². The first kappa shape index (κ1) is 19.7. The Hall–Kier alpha value is -3.06. The van der Waals surface area contributed by atoms with Gasteiger partial charge in [0.15, 0.2) is 0 Å². The van der Waals surface area contributed by atoms with Crippen LogP contribution in [0.3, 0.4) is 0 Å². The highest BCUT2D eigenvalue weighted by molar-refractivity contribution is 5.88. The van der Waals surface area contributed by atoms with Gasteiger partial charge >= 0.3 is 0 Å². The number of aromatic nitrogens is 2. The molecule has 1 N–H and O–H groups in total. The number of nitrogens with zero attached hydrogens (tertiary/aromatic N) is 3. The van der Waals surface area contributed by atoms with Gasteiger partial charge in [0.25, 0.3) is 5.56 Å². The van der Waals surface area contributed by atoms with Crippen molar-refractivity contribution in [3.05, 3.63) is 76.0 Å². The maximum Gasteiger partial charge on any atom is 0.274 e. The van der Waals surface area contributed by atoms with Crippen LogP contribution < -0.4 is 10.9 Å². The minimum absolute atomic E-state index is 0.0535. The van der Waals surface area contributed by atoms with Gasteiger partial charge in [0.05, 0.1) is 23.5 Å².